The number of hydrogen-bond donors (Lipinski definition) is 2. The van der Waals surface area contributed by atoms with E-state index in [9.17, 15) is 9.59 Å². The van der Waals surface area contributed by atoms with Gasteiger partial charge in [-0.1, -0.05) is 0 Å². The molecule has 0 bridgehead atoms. The zero-order valence-corrected chi connectivity index (χ0v) is 14.8. The molecule has 0 unspecified atom stereocenters. The maximum absolute atomic E-state index is 12.1. The van der Waals surface area contributed by atoms with Crippen molar-refractivity contribution in [3.8, 4) is 0 Å². The van der Waals surface area contributed by atoms with Crippen molar-refractivity contribution in [2.45, 2.75) is 32.9 Å². The van der Waals surface area contributed by atoms with Gasteiger partial charge in [-0.15, -0.1) is 0 Å². The molecule has 0 saturated carbocycles. The van der Waals surface area contributed by atoms with Crippen molar-refractivity contribution >= 4 is 23.5 Å². The Morgan fingerprint density at radius 1 is 1.08 bits per heavy atom. The molecule has 0 fully saturated rings. The molecule has 0 spiro atoms. The van der Waals surface area contributed by atoms with E-state index in [1.165, 1.54) is 4.90 Å². The zero-order valence-electron chi connectivity index (χ0n) is 14.8. The summed E-state index contributed by atoms with van der Waals surface area (Å²) in [5, 5.41) is 5.41. The molecule has 1 aromatic heterocycles. The number of rotatable bonds is 4. The largest absolute Gasteiger partial charge is 0.467 e. The molecule has 0 aliphatic rings. The molecule has 2 aromatic rings. The molecule has 0 radical (unpaired) electrons. The van der Waals surface area contributed by atoms with Crippen molar-refractivity contribution in [2.75, 3.05) is 17.7 Å². The average molecular weight is 345 g/mol. The maximum atomic E-state index is 12.1. The lowest BCUT2D eigenvalue weighted by Gasteiger charge is -2.20. The predicted octanol–water partition coefficient (Wildman–Crippen LogP) is 4.29. The van der Waals surface area contributed by atoms with E-state index in [4.69, 9.17) is 9.15 Å². The highest BCUT2D eigenvalue weighted by Gasteiger charge is 2.16. The van der Waals surface area contributed by atoms with Gasteiger partial charge in [0, 0.05) is 18.4 Å². The Morgan fingerprint density at radius 2 is 1.68 bits per heavy atom. The van der Waals surface area contributed by atoms with Gasteiger partial charge in [0.2, 0.25) is 0 Å². The molecular weight excluding hydrogens is 322 g/mol. The van der Waals surface area contributed by atoms with Gasteiger partial charge in [-0.3, -0.25) is 5.32 Å². The van der Waals surface area contributed by atoms with Crippen LogP contribution in [0.2, 0.25) is 0 Å². The van der Waals surface area contributed by atoms with E-state index in [0.717, 1.165) is 0 Å². The standard InChI is InChI=1S/C18H23N3O4/c1-18(2,3)25-17(23)20-14-9-7-13(8-10-14)19-16(22)21(4)12-15-6-5-11-24-15/h5-11H,12H2,1-4H3,(H,19,22)(H,20,23). The fourth-order valence-electron chi connectivity index (χ4n) is 1.99. The zero-order chi connectivity index (χ0) is 18.4. The molecule has 3 amide bonds. The van der Waals surface area contributed by atoms with Crippen LogP contribution >= 0.6 is 0 Å². The number of furan rings is 1. The number of nitrogens with one attached hydrogen (secondary N) is 2. The number of hydrogen-bond acceptors (Lipinski definition) is 4. The van der Waals surface area contributed by atoms with E-state index < -0.39 is 11.7 Å². The van der Waals surface area contributed by atoms with E-state index in [2.05, 4.69) is 10.6 Å². The molecule has 0 aliphatic carbocycles. The fraction of sp³-hybridized carbons (Fsp3) is 0.333. The first-order chi connectivity index (χ1) is 11.7. The lowest BCUT2D eigenvalue weighted by Crippen LogP contribution is -2.30. The van der Waals surface area contributed by atoms with Crippen molar-refractivity contribution in [2.24, 2.45) is 0 Å². The van der Waals surface area contributed by atoms with Crippen LogP contribution in [0.1, 0.15) is 26.5 Å². The van der Waals surface area contributed by atoms with Gasteiger partial charge < -0.3 is 19.4 Å². The summed E-state index contributed by atoms with van der Waals surface area (Å²) in [5.74, 6) is 0.703. The van der Waals surface area contributed by atoms with Crippen LogP contribution in [0, 0.1) is 0 Å². The van der Waals surface area contributed by atoms with Gasteiger partial charge in [0.15, 0.2) is 0 Å². The Balaban J connectivity index is 1.87. The molecule has 2 N–H and O–H groups in total. The summed E-state index contributed by atoms with van der Waals surface area (Å²) < 4.78 is 10.4. The molecule has 7 heteroatoms. The van der Waals surface area contributed by atoms with E-state index in [-0.39, 0.29) is 6.03 Å². The lowest BCUT2D eigenvalue weighted by atomic mass is 10.2. The smallest absolute Gasteiger partial charge is 0.412 e. The normalized spacial score (nSPS) is 10.9. The number of benzene rings is 1. The molecule has 0 aliphatic heterocycles. The molecule has 7 nitrogen and oxygen atoms in total. The quantitative estimate of drug-likeness (QED) is 0.866. The highest BCUT2D eigenvalue weighted by Crippen LogP contribution is 2.16. The third kappa shape index (κ3) is 6.21. The third-order valence-electron chi connectivity index (χ3n) is 3.10. The third-order valence-corrected chi connectivity index (χ3v) is 3.10. The summed E-state index contributed by atoms with van der Waals surface area (Å²) in [6.45, 7) is 5.76. The Kier molecular flexibility index (Phi) is 5.69. The van der Waals surface area contributed by atoms with Gasteiger partial charge in [-0.2, -0.15) is 0 Å². The van der Waals surface area contributed by atoms with Crippen molar-refractivity contribution in [3.63, 3.8) is 0 Å². The number of carbonyl (C=O) groups excluding carboxylic acids is 2. The van der Waals surface area contributed by atoms with Gasteiger partial charge in [0.05, 0.1) is 12.8 Å². The average Bonchev–Trinajstić information content (AvgIpc) is 3.00. The van der Waals surface area contributed by atoms with E-state index in [1.807, 2.05) is 0 Å². The van der Waals surface area contributed by atoms with Gasteiger partial charge in [0.25, 0.3) is 0 Å². The van der Waals surface area contributed by atoms with E-state index >= 15 is 0 Å². The maximum Gasteiger partial charge on any atom is 0.412 e. The Labute approximate surface area is 146 Å². The highest BCUT2D eigenvalue weighted by molar-refractivity contribution is 5.90. The number of urea groups is 1. The number of nitrogens with zero attached hydrogens (tertiary/aromatic N) is 1. The van der Waals surface area contributed by atoms with Gasteiger partial charge >= 0.3 is 12.1 Å². The molecule has 2 rings (SSSR count). The van der Waals surface area contributed by atoms with Gasteiger partial charge in [-0.05, 0) is 57.2 Å². The molecular formula is C18H23N3O4. The first-order valence-electron chi connectivity index (χ1n) is 7.87. The highest BCUT2D eigenvalue weighted by atomic mass is 16.6. The van der Waals surface area contributed by atoms with Crippen molar-refractivity contribution in [1.29, 1.82) is 0 Å². The van der Waals surface area contributed by atoms with Gasteiger partial charge in [0.1, 0.15) is 11.4 Å². The molecule has 1 aromatic carbocycles. The summed E-state index contributed by atoms with van der Waals surface area (Å²) in [5.41, 5.74) is 0.638. The monoisotopic (exact) mass is 345 g/mol. The number of anilines is 2. The second kappa shape index (κ2) is 7.74. The minimum absolute atomic E-state index is 0.260. The van der Waals surface area contributed by atoms with Crippen LogP contribution in [0.25, 0.3) is 0 Å². The topological polar surface area (TPSA) is 83.8 Å². The summed E-state index contributed by atoms with van der Waals surface area (Å²) in [4.78, 5) is 25.4. The van der Waals surface area contributed by atoms with Gasteiger partial charge in [-0.25, -0.2) is 9.59 Å². The number of amides is 3. The van der Waals surface area contributed by atoms with E-state index in [0.29, 0.717) is 23.7 Å². The molecule has 1 heterocycles. The molecule has 0 saturated heterocycles. The van der Waals surface area contributed by atoms with Crippen LogP contribution in [-0.2, 0) is 11.3 Å². The molecule has 25 heavy (non-hydrogen) atoms. The summed E-state index contributed by atoms with van der Waals surface area (Å²) >= 11 is 0. The van der Waals surface area contributed by atoms with Crippen LogP contribution in [-0.4, -0.2) is 29.7 Å². The van der Waals surface area contributed by atoms with Crippen LogP contribution in [0.5, 0.6) is 0 Å². The van der Waals surface area contributed by atoms with Crippen LogP contribution in [0.15, 0.2) is 47.1 Å². The summed E-state index contributed by atoms with van der Waals surface area (Å²) in [6, 6.07) is 10.1. The fourth-order valence-corrected chi connectivity index (χ4v) is 1.99. The van der Waals surface area contributed by atoms with Crippen LogP contribution in [0.3, 0.4) is 0 Å². The summed E-state index contributed by atoms with van der Waals surface area (Å²) in [6.07, 6.45) is 1.04. The Hall–Kier alpha value is -2.96. The second-order valence-corrected chi connectivity index (χ2v) is 6.57. The first kappa shape index (κ1) is 18.4. The van der Waals surface area contributed by atoms with Crippen molar-refractivity contribution in [3.05, 3.63) is 48.4 Å². The molecule has 0 atom stereocenters. The van der Waals surface area contributed by atoms with Crippen LogP contribution in [0.4, 0.5) is 21.0 Å². The van der Waals surface area contributed by atoms with Crippen molar-refractivity contribution < 1.29 is 18.7 Å². The van der Waals surface area contributed by atoms with E-state index in [1.54, 1.807) is 70.5 Å². The SMILES string of the molecule is CN(Cc1ccco1)C(=O)Nc1ccc(NC(=O)OC(C)(C)C)cc1. The number of ether oxygens (including phenoxy) is 1. The Bertz CT molecular complexity index is 703. The lowest BCUT2D eigenvalue weighted by molar-refractivity contribution is 0.0636. The summed E-state index contributed by atoms with van der Waals surface area (Å²) in [7, 11) is 1.68. The first-order valence-corrected chi connectivity index (χ1v) is 7.87. The second-order valence-electron chi connectivity index (χ2n) is 6.57. The van der Waals surface area contributed by atoms with Crippen molar-refractivity contribution in [1.82, 2.24) is 4.90 Å². The minimum atomic E-state index is -0.559. The van der Waals surface area contributed by atoms with Crippen LogP contribution < -0.4 is 10.6 Å². The number of carbonyl (C=O) groups is 2. The predicted molar refractivity (Wildman–Crippen MR) is 95.5 cm³/mol. The minimum Gasteiger partial charge on any atom is -0.467 e. The Morgan fingerprint density at radius 3 is 2.20 bits per heavy atom. The molecule has 134 valence electrons.